The molecule has 4 heteroatoms. The second-order valence-electron chi connectivity index (χ2n) is 5.52. The van der Waals surface area contributed by atoms with Gasteiger partial charge in [0.25, 0.3) is 0 Å². The molecule has 2 rings (SSSR count). The number of carbonyl (C=O) groups excluding carboxylic acids is 1. The molecule has 2 atom stereocenters. The topological polar surface area (TPSA) is 41.6 Å². The van der Waals surface area contributed by atoms with E-state index in [4.69, 9.17) is 4.74 Å². The maximum Gasteiger partial charge on any atom is 0.234 e. The van der Waals surface area contributed by atoms with E-state index in [1.54, 1.807) is 0 Å². The predicted octanol–water partition coefficient (Wildman–Crippen LogP) is 0.871. The molecule has 2 saturated heterocycles. The molecule has 2 aliphatic heterocycles. The van der Waals surface area contributed by atoms with E-state index in [9.17, 15) is 4.79 Å². The predicted molar refractivity (Wildman–Crippen MR) is 66.8 cm³/mol. The lowest BCUT2D eigenvalue weighted by Gasteiger charge is -2.23. The average molecular weight is 240 g/mol. The number of ether oxygens (including phenoxy) is 1. The third-order valence-corrected chi connectivity index (χ3v) is 3.72. The van der Waals surface area contributed by atoms with Crippen LogP contribution in [0.4, 0.5) is 0 Å². The largest absolute Gasteiger partial charge is 0.381 e. The summed E-state index contributed by atoms with van der Waals surface area (Å²) in [5.74, 6) is 1.43. The van der Waals surface area contributed by atoms with E-state index in [2.05, 4.69) is 17.1 Å². The van der Waals surface area contributed by atoms with Crippen molar-refractivity contribution in [2.45, 2.75) is 26.2 Å². The maximum absolute atomic E-state index is 11.8. The Morgan fingerprint density at radius 2 is 2.35 bits per heavy atom. The van der Waals surface area contributed by atoms with Crippen molar-refractivity contribution in [3.05, 3.63) is 0 Å². The van der Waals surface area contributed by atoms with Crippen molar-refractivity contribution >= 4 is 5.91 Å². The fourth-order valence-electron chi connectivity index (χ4n) is 2.66. The molecule has 0 unspecified atom stereocenters. The zero-order valence-corrected chi connectivity index (χ0v) is 10.8. The summed E-state index contributed by atoms with van der Waals surface area (Å²) in [6.45, 7) is 7.43. The van der Waals surface area contributed by atoms with Gasteiger partial charge in [-0.3, -0.25) is 9.69 Å². The quantitative estimate of drug-likeness (QED) is 0.793. The summed E-state index contributed by atoms with van der Waals surface area (Å²) in [4.78, 5) is 14.0. The van der Waals surface area contributed by atoms with Gasteiger partial charge in [0.05, 0.1) is 13.2 Å². The standard InChI is InChI=1S/C13H24N2O2/c1-11-4-5-15(8-11)9-13(16)14-7-12-3-2-6-17-10-12/h11-12H,2-10H2,1H3,(H,14,16)/t11-,12+/m0/s1. The molecule has 2 heterocycles. The van der Waals surface area contributed by atoms with Gasteiger partial charge in [-0.2, -0.15) is 0 Å². The summed E-state index contributed by atoms with van der Waals surface area (Å²) in [6, 6.07) is 0. The Balaban J connectivity index is 1.60. The van der Waals surface area contributed by atoms with Crippen LogP contribution >= 0.6 is 0 Å². The number of likely N-dealkylation sites (tertiary alicyclic amines) is 1. The Morgan fingerprint density at radius 1 is 1.47 bits per heavy atom. The molecule has 0 radical (unpaired) electrons. The lowest BCUT2D eigenvalue weighted by molar-refractivity contribution is -0.122. The summed E-state index contributed by atoms with van der Waals surface area (Å²) >= 11 is 0. The number of rotatable bonds is 4. The molecule has 1 N–H and O–H groups in total. The normalized spacial score (nSPS) is 30.4. The van der Waals surface area contributed by atoms with Gasteiger partial charge in [0.2, 0.25) is 5.91 Å². The lowest BCUT2D eigenvalue weighted by atomic mass is 10.0. The Kier molecular flexibility index (Phi) is 4.80. The van der Waals surface area contributed by atoms with E-state index in [0.29, 0.717) is 12.5 Å². The van der Waals surface area contributed by atoms with Crippen LogP contribution in [-0.4, -0.2) is 50.2 Å². The van der Waals surface area contributed by atoms with Crippen LogP contribution in [0.15, 0.2) is 0 Å². The first-order valence-corrected chi connectivity index (χ1v) is 6.81. The van der Waals surface area contributed by atoms with Crippen molar-refractivity contribution in [1.29, 1.82) is 0 Å². The van der Waals surface area contributed by atoms with Crippen LogP contribution in [0.3, 0.4) is 0 Å². The number of amides is 1. The minimum absolute atomic E-state index is 0.171. The van der Waals surface area contributed by atoms with Gasteiger partial charge in [-0.15, -0.1) is 0 Å². The zero-order valence-electron chi connectivity index (χ0n) is 10.8. The molecule has 0 aromatic heterocycles. The van der Waals surface area contributed by atoms with Crippen LogP contribution in [0.2, 0.25) is 0 Å². The number of hydrogen-bond donors (Lipinski definition) is 1. The van der Waals surface area contributed by atoms with Crippen molar-refractivity contribution in [3.63, 3.8) is 0 Å². The molecule has 4 nitrogen and oxygen atoms in total. The summed E-state index contributed by atoms with van der Waals surface area (Å²) in [5, 5.41) is 3.03. The summed E-state index contributed by atoms with van der Waals surface area (Å²) < 4.78 is 5.40. The monoisotopic (exact) mass is 240 g/mol. The van der Waals surface area contributed by atoms with Crippen molar-refractivity contribution in [3.8, 4) is 0 Å². The van der Waals surface area contributed by atoms with E-state index < -0.39 is 0 Å². The Labute approximate surface area is 104 Å². The lowest BCUT2D eigenvalue weighted by Crippen LogP contribution is -2.39. The van der Waals surface area contributed by atoms with Gasteiger partial charge in [-0.25, -0.2) is 0 Å². The van der Waals surface area contributed by atoms with Gasteiger partial charge in [-0.1, -0.05) is 6.92 Å². The van der Waals surface area contributed by atoms with Gasteiger partial charge in [0.15, 0.2) is 0 Å². The smallest absolute Gasteiger partial charge is 0.234 e. The molecule has 0 spiro atoms. The first-order valence-electron chi connectivity index (χ1n) is 6.81. The van der Waals surface area contributed by atoms with Crippen LogP contribution in [0, 0.1) is 11.8 Å². The molecule has 2 aliphatic rings. The molecule has 17 heavy (non-hydrogen) atoms. The van der Waals surface area contributed by atoms with E-state index in [-0.39, 0.29) is 5.91 Å². The fraction of sp³-hybridized carbons (Fsp3) is 0.923. The number of carbonyl (C=O) groups is 1. The van der Waals surface area contributed by atoms with E-state index in [1.165, 1.54) is 12.8 Å². The van der Waals surface area contributed by atoms with Crippen molar-refractivity contribution in [1.82, 2.24) is 10.2 Å². The zero-order chi connectivity index (χ0) is 12.1. The highest BCUT2D eigenvalue weighted by Gasteiger charge is 2.21. The van der Waals surface area contributed by atoms with Crippen LogP contribution in [0.25, 0.3) is 0 Å². The third kappa shape index (κ3) is 4.28. The van der Waals surface area contributed by atoms with Crippen molar-refractivity contribution < 1.29 is 9.53 Å². The molecular weight excluding hydrogens is 216 g/mol. The third-order valence-electron chi connectivity index (χ3n) is 3.72. The second-order valence-corrected chi connectivity index (χ2v) is 5.52. The number of nitrogens with zero attached hydrogens (tertiary/aromatic N) is 1. The maximum atomic E-state index is 11.8. The molecule has 0 saturated carbocycles. The van der Waals surface area contributed by atoms with Crippen LogP contribution in [-0.2, 0) is 9.53 Å². The second kappa shape index (κ2) is 6.36. The first-order chi connectivity index (χ1) is 8.24. The van der Waals surface area contributed by atoms with Gasteiger partial charge < -0.3 is 10.1 Å². The van der Waals surface area contributed by atoms with Gasteiger partial charge in [0.1, 0.15) is 0 Å². The van der Waals surface area contributed by atoms with Crippen LogP contribution in [0.1, 0.15) is 26.2 Å². The highest BCUT2D eigenvalue weighted by Crippen LogP contribution is 2.14. The van der Waals surface area contributed by atoms with Crippen molar-refractivity contribution in [2.75, 3.05) is 39.4 Å². The fourth-order valence-corrected chi connectivity index (χ4v) is 2.66. The number of nitrogens with one attached hydrogen (secondary N) is 1. The highest BCUT2D eigenvalue weighted by molar-refractivity contribution is 5.78. The van der Waals surface area contributed by atoms with E-state index in [0.717, 1.165) is 45.2 Å². The van der Waals surface area contributed by atoms with Crippen LogP contribution < -0.4 is 5.32 Å². The Hall–Kier alpha value is -0.610. The van der Waals surface area contributed by atoms with E-state index in [1.807, 2.05) is 0 Å². The summed E-state index contributed by atoms with van der Waals surface area (Å²) in [5.41, 5.74) is 0. The van der Waals surface area contributed by atoms with Gasteiger partial charge in [-0.05, 0) is 37.6 Å². The van der Waals surface area contributed by atoms with Crippen molar-refractivity contribution in [2.24, 2.45) is 11.8 Å². The first kappa shape index (κ1) is 12.8. The number of hydrogen-bond acceptors (Lipinski definition) is 3. The molecule has 0 aliphatic carbocycles. The van der Waals surface area contributed by atoms with E-state index >= 15 is 0 Å². The molecular formula is C13H24N2O2. The minimum Gasteiger partial charge on any atom is -0.381 e. The molecule has 1 amide bonds. The van der Waals surface area contributed by atoms with Crippen LogP contribution in [0.5, 0.6) is 0 Å². The van der Waals surface area contributed by atoms with Gasteiger partial charge in [0, 0.05) is 19.7 Å². The average Bonchev–Trinajstić information content (AvgIpc) is 2.73. The highest BCUT2D eigenvalue weighted by atomic mass is 16.5. The summed E-state index contributed by atoms with van der Waals surface area (Å²) in [7, 11) is 0. The minimum atomic E-state index is 0.171. The molecule has 2 fully saturated rings. The SMILES string of the molecule is C[C@H]1CCN(CC(=O)NC[C@H]2CCCOC2)C1. The Morgan fingerprint density at radius 3 is 3.00 bits per heavy atom. The molecule has 98 valence electrons. The Bertz CT molecular complexity index is 252. The molecule has 0 aromatic carbocycles. The van der Waals surface area contributed by atoms with Gasteiger partial charge >= 0.3 is 0 Å². The molecule has 0 bridgehead atoms. The summed E-state index contributed by atoms with van der Waals surface area (Å²) in [6.07, 6.45) is 3.54. The molecule has 0 aromatic rings.